The number of aromatic nitrogens is 1. The summed E-state index contributed by atoms with van der Waals surface area (Å²) in [4.78, 5) is 45.0. The number of carboxylic acid groups (broad SMARTS) is 1. The summed E-state index contributed by atoms with van der Waals surface area (Å²) in [7, 11) is 0. The van der Waals surface area contributed by atoms with Gasteiger partial charge in [-0.2, -0.15) is 12.6 Å². The number of benzene rings is 1. The number of rotatable bonds is 5. The molecular formula is C23H23N4NaO5S. The van der Waals surface area contributed by atoms with Gasteiger partial charge in [0.1, 0.15) is 17.5 Å². The van der Waals surface area contributed by atoms with E-state index in [1.54, 1.807) is 36.7 Å². The van der Waals surface area contributed by atoms with Gasteiger partial charge in [0.2, 0.25) is 0 Å². The number of urea groups is 1. The molecule has 0 saturated carbocycles. The summed E-state index contributed by atoms with van der Waals surface area (Å²) < 4.78 is 0. The Morgan fingerprint density at radius 1 is 1.21 bits per heavy atom. The minimum absolute atomic E-state index is 0. The predicted molar refractivity (Wildman–Crippen MR) is 121 cm³/mol. The molecule has 0 radical (unpaired) electrons. The third-order valence-electron chi connectivity index (χ3n) is 6.58. The second-order valence-corrected chi connectivity index (χ2v) is 8.96. The van der Waals surface area contributed by atoms with E-state index in [2.05, 4.69) is 22.9 Å². The number of β-lactam (4-membered cyclic amide) rings is 1. The minimum atomic E-state index is -1.17. The van der Waals surface area contributed by atoms with Crippen LogP contribution in [0.15, 0.2) is 60.1 Å². The molecule has 3 amide bonds. The van der Waals surface area contributed by atoms with Crippen molar-refractivity contribution in [2.45, 2.75) is 30.3 Å². The number of phenolic OH excluding ortho intramolecular Hbond substituents is 1. The van der Waals surface area contributed by atoms with E-state index in [9.17, 15) is 24.6 Å². The third kappa shape index (κ3) is 4.08. The number of pyridine rings is 1. The molecule has 2 aromatic rings. The van der Waals surface area contributed by atoms with Gasteiger partial charge in [-0.15, -0.1) is 0 Å². The molecule has 11 heteroatoms. The molecule has 1 aromatic carbocycles. The van der Waals surface area contributed by atoms with E-state index in [-0.39, 0.29) is 72.9 Å². The molecule has 2 saturated heterocycles. The van der Waals surface area contributed by atoms with Crippen molar-refractivity contribution in [2.75, 3.05) is 6.54 Å². The SMILES string of the molecule is O=C(O)C1=C(C(S)c2ccncc2)C[C@@H]2CN(C(=O)NCc3ccc(O)cc3)[C@@H]3C(=O)N1[C@H]23.[H-].[Na+]. The predicted octanol–water partition coefficient (Wildman–Crippen LogP) is -0.962. The van der Waals surface area contributed by atoms with Gasteiger partial charge in [0, 0.05) is 31.4 Å². The second-order valence-electron chi connectivity index (χ2n) is 8.45. The van der Waals surface area contributed by atoms with Crippen molar-refractivity contribution in [3.8, 4) is 5.75 Å². The Balaban J connectivity index is 0.00000171. The van der Waals surface area contributed by atoms with Crippen LogP contribution in [0.1, 0.15) is 24.2 Å². The molecule has 5 rings (SSSR count). The summed E-state index contributed by atoms with van der Waals surface area (Å²) in [6, 6.07) is 8.66. The molecule has 9 nitrogen and oxygen atoms in total. The maximum Gasteiger partial charge on any atom is 1.00 e. The summed E-state index contributed by atoms with van der Waals surface area (Å²) in [5, 5.41) is 21.7. The van der Waals surface area contributed by atoms with E-state index in [1.165, 1.54) is 21.9 Å². The van der Waals surface area contributed by atoms with E-state index in [0.717, 1.165) is 11.1 Å². The Bertz CT molecular complexity index is 1170. The number of aromatic hydroxyl groups is 1. The molecule has 3 N–H and O–H groups in total. The number of nitrogens with one attached hydrogen (secondary N) is 1. The number of hydrogen-bond acceptors (Lipinski definition) is 6. The first kappa shape index (κ1) is 24.6. The number of amides is 3. The number of aliphatic carboxylic acids is 1. The number of carbonyl (C=O) groups is 3. The van der Waals surface area contributed by atoms with Crippen LogP contribution in [0, 0.1) is 5.92 Å². The average Bonchev–Trinajstić information content (AvgIpc) is 3.19. The number of carboxylic acids is 1. The second kappa shape index (κ2) is 9.61. The fraction of sp³-hybridized carbons (Fsp3) is 0.304. The number of hydrogen-bond donors (Lipinski definition) is 4. The topological polar surface area (TPSA) is 123 Å². The molecule has 0 spiro atoms. The molecular weight excluding hydrogens is 467 g/mol. The molecule has 2 fully saturated rings. The summed E-state index contributed by atoms with van der Waals surface area (Å²) in [6.07, 6.45) is 3.67. The molecule has 3 aliphatic heterocycles. The number of carbonyl (C=O) groups excluding carboxylic acids is 2. The van der Waals surface area contributed by atoms with Crippen LogP contribution in [-0.2, 0) is 16.1 Å². The summed E-state index contributed by atoms with van der Waals surface area (Å²) in [6.45, 7) is 0.604. The van der Waals surface area contributed by atoms with Gasteiger partial charge in [-0.25, -0.2) is 9.59 Å². The van der Waals surface area contributed by atoms with Gasteiger partial charge in [-0.05, 0) is 47.4 Å². The number of phenols is 1. The van der Waals surface area contributed by atoms with Crippen molar-refractivity contribution >= 4 is 30.5 Å². The van der Waals surface area contributed by atoms with E-state index >= 15 is 0 Å². The molecule has 3 aliphatic rings. The third-order valence-corrected chi connectivity index (χ3v) is 7.19. The van der Waals surface area contributed by atoms with E-state index < -0.39 is 17.3 Å². The van der Waals surface area contributed by atoms with Crippen LogP contribution >= 0.6 is 12.6 Å². The van der Waals surface area contributed by atoms with Crippen LogP contribution in [0.4, 0.5) is 4.79 Å². The Morgan fingerprint density at radius 3 is 2.53 bits per heavy atom. The van der Waals surface area contributed by atoms with Crippen molar-refractivity contribution in [1.82, 2.24) is 20.1 Å². The Kier molecular flexibility index (Phi) is 6.95. The quantitative estimate of drug-likeness (QED) is 0.243. The summed E-state index contributed by atoms with van der Waals surface area (Å²) in [5.74, 6) is -1.48. The van der Waals surface area contributed by atoms with Crippen molar-refractivity contribution in [2.24, 2.45) is 5.92 Å². The number of thiol groups is 1. The van der Waals surface area contributed by atoms with E-state index in [4.69, 9.17) is 0 Å². The molecule has 0 bridgehead atoms. The first-order chi connectivity index (χ1) is 15.9. The summed E-state index contributed by atoms with van der Waals surface area (Å²) in [5.41, 5.74) is 2.15. The van der Waals surface area contributed by atoms with Gasteiger partial charge in [0.05, 0.1) is 11.3 Å². The fourth-order valence-electron chi connectivity index (χ4n) is 5.06. The van der Waals surface area contributed by atoms with Crippen molar-refractivity contribution < 1.29 is 55.6 Å². The smallest absolute Gasteiger partial charge is 1.00 e. The zero-order chi connectivity index (χ0) is 23.3. The Hall–Kier alpha value is -2.53. The first-order valence-corrected chi connectivity index (χ1v) is 11.1. The van der Waals surface area contributed by atoms with Crippen LogP contribution in [0.25, 0.3) is 0 Å². The number of nitrogens with zero attached hydrogens (tertiary/aromatic N) is 3. The fourth-order valence-corrected chi connectivity index (χ4v) is 5.46. The van der Waals surface area contributed by atoms with Gasteiger partial charge < -0.3 is 21.9 Å². The standard InChI is InChI=1S/C23H22N4O5S.Na.H/c28-15-3-1-12(2-4-15)10-25-23(32)26-11-14-9-16(20(33)13-5-7-24-8-6-13)18(22(30)31)27-17(14)19(26)21(27)29;;/h1-8,14,17,19-20,28,33H,9-11H2,(H,25,32)(H,30,31);;/q;+1;-1/t14-,17-,19+,20?;;/m1../s1. The van der Waals surface area contributed by atoms with Crippen LogP contribution < -0.4 is 34.9 Å². The first-order valence-electron chi connectivity index (χ1n) is 10.6. The van der Waals surface area contributed by atoms with Crippen LogP contribution in [0.2, 0.25) is 0 Å². The largest absolute Gasteiger partial charge is 1.00 e. The average molecular weight is 491 g/mol. The molecule has 34 heavy (non-hydrogen) atoms. The van der Waals surface area contributed by atoms with E-state index in [0.29, 0.717) is 18.5 Å². The Morgan fingerprint density at radius 2 is 1.88 bits per heavy atom. The zero-order valence-corrected chi connectivity index (χ0v) is 21.4. The molecule has 1 aromatic heterocycles. The van der Waals surface area contributed by atoms with Crippen LogP contribution in [0.3, 0.4) is 0 Å². The molecule has 1 unspecified atom stereocenters. The van der Waals surface area contributed by atoms with Gasteiger partial charge in [0.15, 0.2) is 0 Å². The number of likely N-dealkylation sites (tertiary alicyclic amines) is 1. The van der Waals surface area contributed by atoms with Gasteiger partial charge in [0.25, 0.3) is 5.91 Å². The normalized spacial score (nSPS) is 23.6. The maximum atomic E-state index is 13.0. The van der Waals surface area contributed by atoms with Gasteiger partial charge >= 0.3 is 41.6 Å². The van der Waals surface area contributed by atoms with Gasteiger partial charge in [-0.1, -0.05) is 12.1 Å². The van der Waals surface area contributed by atoms with E-state index in [1.807, 2.05) is 0 Å². The van der Waals surface area contributed by atoms with Crippen molar-refractivity contribution in [1.29, 1.82) is 0 Å². The van der Waals surface area contributed by atoms with Crippen LogP contribution in [0.5, 0.6) is 5.75 Å². The summed E-state index contributed by atoms with van der Waals surface area (Å²) >= 11 is 4.68. The Labute approximate surface area is 225 Å². The maximum absolute atomic E-state index is 13.0. The monoisotopic (exact) mass is 490 g/mol. The zero-order valence-electron chi connectivity index (χ0n) is 19.5. The molecule has 172 valence electrons. The molecule has 4 heterocycles. The van der Waals surface area contributed by atoms with Crippen molar-refractivity contribution in [3.63, 3.8) is 0 Å². The molecule has 4 atom stereocenters. The van der Waals surface area contributed by atoms with Crippen LogP contribution in [-0.4, -0.2) is 61.5 Å². The van der Waals surface area contributed by atoms with Crippen molar-refractivity contribution in [3.05, 3.63) is 71.2 Å². The molecule has 0 aliphatic carbocycles. The minimum Gasteiger partial charge on any atom is -1.00 e. The van der Waals surface area contributed by atoms with Gasteiger partial charge in [-0.3, -0.25) is 14.7 Å².